The molecule has 0 radical (unpaired) electrons. The first-order valence-corrected chi connectivity index (χ1v) is 7.01. The summed E-state index contributed by atoms with van der Waals surface area (Å²) in [6, 6.07) is 4.35. The summed E-state index contributed by atoms with van der Waals surface area (Å²) in [5.74, 6) is -0.0246. The summed E-state index contributed by atoms with van der Waals surface area (Å²) in [6.07, 6.45) is 0. The van der Waals surface area contributed by atoms with Crippen LogP contribution in [0.15, 0.2) is 18.2 Å². The van der Waals surface area contributed by atoms with Crippen LogP contribution >= 0.6 is 0 Å². The van der Waals surface area contributed by atoms with Gasteiger partial charge in [0.15, 0.2) is 0 Å². The maximum absolute atomic E-state index is 12.4. The van der Waals surface area contributed by atoms with E-state index in [9.17, 15) is 15.0 Å². The summed E-state index contributed by atoms with van der Waals surface area (Å²) in [5, 5.41) is 19.5. The molecule has 1 aromatic rings. The highest BCUT2D eigenvalue weighted by molar-refractivity contribution is 5.99. The maximum Gasteiger partial charge on any atom is 0.261 e. The molecule has 20 heavy (non-hydrogen) atoms. The Bertz CT molecular complexity index is 460. The summed E-state index contributed by atoms with van der Waals surface area (Å²) in [6.45, 7) is 8.30. The molecule has 0 aliphatic carbocycles. The number of phenols is 2. The van der Waals surface area contributed by atoms with Gasteiger partial charge in [-0.1, -0.05) is 19.9 Å². The number of amides is 1. The molecule has 0 aromatic heterocycles. The molecule has 0 atom stereocenters. The third-order valence-corrected chi connectivity index (χ3v) is 3.52. The zero-order valence-corrected chi connectivity index (χ0v) is 12.0. The monoisotopic (exact) mass is 278 g/mol. The van der Waals surface area contributed by atoms with Gasteiger partial charge in [-0.15, -0.1) is 0 Å². The average molecular weight is 278 g/mol. The van der Waals surface area contributed by atoms with Gasteiger partial charge in [0.2, 0.25) is 0 Å². The van der Waals surface area contributed by atoms with E-state index in [0.29, 0.717) is 19.0 Å². The second kappa shape index (κ2) is 6.13. The quantitative estimate of drug-likeness (QED) is 0.879. The minimum atomic E-state index is -0.301. The van der Waals surface area contributed by atoms with Crippen LogP contribution in [0.4, 0.5) is 0 Å². The summed E-state index contributed by atoms with van der Waals surface area (Å²) in [4.78, 5) is 16.4. The molecule has 0 spiro atoms. The van der Waals surface area contributed by atoms with Crippen LogP contribution in [0.5, 0.6) is 11.5 Å². The van der Waals surface area contributed by atoms with E-state index in [1.54, 1.807) is 4.90 Å². The van der Waals surface area contributed by atoms with E-state index in [1.165, 1.54) is 18.2 Å². The number of carbonyl (C=O) groups is 1. The van der Waals surface area contributed by atoms with Crippen LogP contribution in [0.25, 0.3) is 0 Å². The fourth-order valence-corrected chi connectivity index (χ4v) is 2.56. The van der Waals surface area contributed by atoms with E-state index in [2.05, 4.69) is 18.7 Å². The number of hydrogen-bond acceptors (Lipinski definition) is 4. The summed E-state index contributed by atoms with van der Waals surface area (Å²) in [7, 11) is 0. The number of piperazine rings is 1. The number of aromatic hydroxyl groups is 2. The van der Waals surface area contributed by atoms with E-state index in [-0.39, 0.29) is 23.0 Å². The molecular weight excluding hydrogens is 256 g/mol. The lowest BCUT2D eigenvalue weighted by atomic mass is 10.1. The minimum Gasteiger partial charge on any atom is -0.507 e. The molecule has 110 valence electrons. The van der Waals surface area contributed by atoms with Gasteiger partial charge in [0, 0.05) is 32.7 Å². The highest BCUT2D eigenvalue weighted by Crippen LogP contribution is 2.28. The molecule has 1 heterocycles. The van der Waals surface area contributed by atoms with Crippen molar-refractivity contribution < 1.29 is 15.0 Å². The van der Waals surface area contributed by atoms with Crippen molar-refractivity contribution in [2.75, 3.05) is 32.7 Å². The van der Waals surface area contributed by atoms with Crippen LogP contribution in [-0.4, -0.2) is 58.6 Å². The fourth-order valence-electron chi connectivity index (χ4n) is 2.56. The molecule has 1 aliphatic rings. The average Bonchev–Trinajstić information content (AvgIpc) is 2.38. The molecule has 0 bridgehead atoms. The van der Waals surface area contributed by atoms with Crippen molar-refractivity contribution in [3.05, 3.63) is 23.8 Å². The predicted octanol–water partition coefficient (Wildman–Crippen LogP) is 1.51. The van der Waals surface area contributed by atoms with Crippen LogP contribution in [0.1, 0.15) is 24.2 Å². The molecule has 0 unspecified atom stereocenters. The Labute approximate surface area is 119 Å². The van der Waals surface area contributed by atoms with Crippen molar-refractivity contribution >= 4 is 5.91 Å². The van der Waals surface area contributed by atoms with Gasteiger partial charge in [-0.3, -0.25) is 9.69 Å². The van der Waals surface area contributed by atoms with Crippen molar-refractivity contribution in [1.82, 2.24) is 9.80 Å². The lowest BCUT2D eigenvalue weighted by Gasteiger charge is -2.35. The number of nitrogens with zero attached hydrogens (tertiary/aromatic N) is 2. The van der Waals surface area contributed by atoms with E-state index < -0.39 is 0 Å². The van der Waals surface area contributed by atoms with Gasteiger partial charge in [0.05, 0.1) is 0 Å². The zero-order chi connectivity index (χ0) is 14.7. The molecule has 1 saturated heterocycles. The molecule has 1 fully saturated rings. The fraction of sp³-hybridized carbons (Fsp3) is 0.533. The second-order valence-electron chi connectivity index (χ2n) is 5.66. The van der Waals surface area contributed by atoms with Gasteiger partial charge < -0.3 is 15.1 Å². The predicted molar refractivity (Wildman–Crippen MR) is 77.0 cm³/mol. The maximum atomic E-state index is 12.4. The van der Waals surface area contributed by atoms with Crippen LogP contribution in [-0.2, 0) is 0 Å². The SMILES string of the molecule is CC(C)CN1CCN(C(=O)c2c(O)cccc2O)CC1. The summed E-state index contributed by atoms with van der Waals surface area (Å²) in [5.41, 5.74) is 0.00445. The smallest absolute Gasteiger partial charge is 0.261 e. The molecule has 5 heteroatoms. The van der Waals surface area contributed by atoms with E-state index in [4.69, 9.17) is 0 Å². The van der Waals surface area contributed by atoms with Gasteiger partial charge in [-0.25, -0.2) is 0 Å². The highest BCUT2D eigenvalue weighted by atomic mass is 16.3. The Morgan fingerprint density at radius 2 is 1.70 bits per heavy atom. The molecule has 5 nitrogen and oxygen atoms in total. The van der Waals surface area contributed by atoms with Gasteiger partial charge >= 0.3 is 0 Å². The minimum absolute atomic E-state index is 0.00445. The van der Waals surface area contributed by atoms with Gasteiger partial charge in [0.25, 0.3) is 5.91 Å². The topological polar surface area (TPSA) is 64.0 Å². The summed E-state index contributed by atoms with van der Waals surface area (Å²) < 4.78 is 0. The van der Waals surface area contributed by atoms with E-state index in [1.807, 2.05) is 0 Å². The summed E-state index contributed by atoms with van der Waals surface area (Å²) >= 11 is 0. The van der Waals surface area contributed by atoms with Crippen molar-refractivity contribution in [2.24, 2.45) is 5.92 Å². The van der Waals surface area contributed by atoms with Crippen molar-refractivity contribution in [1.29, 1.82) is 0 Å². The van der Waals surface area contributed by atoms with Gasteiger partial charge in [-0.05, 0) is 18.1 Å². The van der Waals surface area contributed by atoms with Crippen molar-refractivity contribution in [3.63, 3.8) is 0 Å². The number of carbonyl (C=O) groups excluding carboxylic acids is 1. The first-order chi connectivity index (χ1) is 9.49. The first kappa shape index (κ1) is 14.7. The first-order valence-electron chi connectivity index (χ1n) is 7.01. The van der Waals surface area contributed by atoms with E-state index >= 15 is 0 Å². The van der Waals surface area contributed by atoms with Gasteiger partial charge in [-0.2, -0.15) is 0 Å². The molecule has 2 rings (SSSR count). The van der Waals surface area contributed by atoms with E-state index in [0.717, 1.165) is 19.6 Å². The van der Waals surface area contributed by atoms with Gasteiger partial charge in [0.1, 0.15) is 17.1 Å². The largest absolute Gasteiger partial charge is 0.507 e. The number of hydrogen-bond donors (Lipinski definition) is 2. The van der Waals surface area contributed by atoms with Crippen molar-refractivity contribution in [2.45, 2.75) is 13.8 Å². The highest BCUT2D eigenvalue weighted by Gasteiger charge is 2.26. The van der Waals surface area contributed by atoms with Crippen LogP contribution in [0.2, 0.25) is 0 Å². The second-order valence-corrected chi connectivity index (χ2v) is 5.66. The Morgan fingerprint density at radius 3 is 2.20 bits per heavy atom. The number of phenolic OH excluding ortho intramolecular Hbond substituents is 2. The Hall–Kier alpha value is -1.75. The standard InChI is InChI=1S/C15H22N2O3/c1-11(2)10-16-6-8-17(9-7-16)15(20)14-12(18)4-3-5-13(14)19/h3-5,11,18-19H,6-10H2,1-2H3. The third-order valence-electron chi connectivity index (χ3n) is 3.52. The Balaban J connectivity index is 2.02. The Kier molecular flexibility index (Phi) is 4.49. The van der Waals surface area contributed by atoms with Crippen LogP contribution < -0.4 is 0 Å². The molecule has 1 aromatic carbocycles. The molecule has 2 N–H and O–H groups in total. The lowest BCUT2D eigenvalue weighted by Crippen LogP contribution is -2.49. The number of benzene rings is 1. The molecule has 0 saturated carbocycles. The number of rotatable bonds is 3. The zero-order valence-electron chi connectivity index (χ0n) is 12.0. The normalized spacial score (nSPS) is 16.6. The van der Waals surface area contributed by atoms with Crippen LogP contribution in [0.3, 0.4) is 0 Å². The third kappa shape index (κ3) is 3.22. The molecule has 1 aliphatic heterocycles. The Morgan fingerprint density at radius 1 is 1.15 bits per heavy atom. The molecule has 1 amide bonds. The molecular formula is C15H22N2O3. The lowest BCUT2D eigenvalue weighted by molar-refractivity contribution is 0.0618. The van der Waals surface area contributed by atoms with Crippen LogP contribution in [0, 0.1) is 5.92 Å². The van der Waals surface area contributed by atoms with Crippen molar-refractivity contribution in [3.8, 4) is 11.5 Å².